The molecule has 3 rings (SSSR count). The van der Waals surface area contributed by atoms with Crippen LogP contribution in [0.15, 0.2) is 42.5 Å². The average molecular weight is 480 g/mol. The minimum absolute atomic E-state index is 0.171. The Bertz CT molecular complexity index is 967. The van der Waals surface area contributed by atoms with Gasteiger partial charge < -0.3 is 9.47 Å². The number of benzene rings is 2. The Morgan fingerprint density at radius 1 is 0.971 bits per heavy atom. The van der Waals surface area contributed by atoms with Crippen LogP contribution in [0.25, 0.3) is 0 Å². The monoisotopic (exact) mass is 479 g/mol. The Morgan fingerprint density at radius 2 is 1.66 bits per heavy atom. The lowest BCUT2D eigenvalue weighted by Gasteiger charge is -2.31. The molecule has 2 atom stereocenters. The number of hydrogen-bond donors (Lipinski definition) is 0. The molecule has 2 aromatic rings. The number of halogens is 1. The maximum absolute atomic E-state index is 14.0. The van der Waals surface area contributed by atoms with Crippen molar-refractivity contribution < 1.29 is 18.7 Å². The molecule has 0 heterocycles. The lowest BCUT2D eigenvalue weighted by atomic mass is 9.74. The molecule has 0 radical (unpaired) electrons. The number of ether oxygens (including phenoxy) is 2. The second-order valence-electron chi connectivity index (χ2n) is 9.67. The lowest BCUT2D eigenvalue weighted by molar-refractivity contribution is 0.0728. The summed E-state index contributed by atoms with van der Waals surface area (Å²) in [4.78, 5) is 12.3. The number of carbonyl (C=O) groups excluding carboxylic acids is 1. The highest BCUT2D eigenvalue weighted by molar-refractivity contribution is 5.91. The quantitative estimate of drug-likeness (QED) is 0.165. The smallest absolute Gasteiger partial charge is 0.343 e. The summed E-state index contributed by atoms with van der Waals surface area (Å²) >= 11 is 0. The summed E-state index contributed by atoms with van der Waals surface area (Å²) in [6.45, 7) is 2.93. The van der Waals surface area contributed by atoms with Crippen molar-refractivity contribution in [3.05, 3.63) is 59.4 Å². The maximum atomic E-state index is 14.0. The fraction of sp³-hybridized carbons (Fsp3) is 0.533. The van der Waals surface area contributed by atoms with Crippen LogP contribution in [0.4, 0.5) is 4.39 Å². The van der Waals surface area contributed by atoms with Crippen LogP contribution in [-0.4, -0.2) is 12.6 Å². The third-order valence-electron chi connectivity index (χ3n) is 7.09. The van der Waals surface area contributed by atoms with Gasteiger partial charge in [-0.3, -0.25) is 0 Å². The van der Waals surface area contributed by atoms with Crippen LogP contribution in [0.1, 0.15) is 99.9 Å². The van der Waals surface area contributed by atoms with E-state index in [1.54, 1.807) is 24.3 Å². The number of rotatable bonds is 13. The Balaban J connectivity index is 1.39. The number of carbonyl (C=O) groups is 1. The Morgan fingerprint density at radius 3 is 2.31 bits per heavy atom. The number of esters is 1. The SMILES string of the molecule is CCCCCCCC1CCCCC1CCCOc1ccc(C(=O)Oc2ccc(C#N)cc2F)cc1. The molecule has 0 aromatic heterocycles. The standard InChI is InChI=1S/C30H38FNO3/c1-2-3-4-5-6-10-24-11-7-8-12-25(24)13-9-20-34-27-17-15-26(16-18-27)30(33)35-29-19-14-23(22-32)21-28(29)31/h14-19,21,24-25H,2-13,20H2,1H3. The van der Waals surface area contributed by atoms with Gasteiger partial charge in [-0.1, -0.05) is 71.1 Å². The van der Waals surface area contributed by atoms with E-state index >= 15 is 0 Å². The van der Waals surface area contributed by atoms with Crippen LogP contribution in [-0.2, 0) is 0 Å². The first-order valence-corrected chi connectivity index (χ1v) is 13.3. The zero-order valence-electron chi connectivity index (χ0n) is 20.9. The summed E-state index contributed by atoms with van der Waals surface area (Å²) < 4.78 is 25.0. The number of hydrogen-bond acceptors (Lipinski definition) is 4. The predicted molar refractivity (Wildman–Crippen MR) is 136 cm³/mol. The van der Waals surface area contributed by atoms with Gasteiger partial charge in [0.2, 0.25) is 0 Å². The van der Waals surface area contributed by atoms with Crippen molar-refractivity contribution >= 4 is 5.97 Å². The van der Waals surface area contributed by atoms with Gasteiger partial charge in [0.15, 0.2) is 11.6 Å². The molecule has 4 nitrogen and oxygen atoms in total. The van der Waals surface area contributed by atoms with E-state index in [2.05, 4.69) is 6.92 Å². The molecule has 2 unspecified atom stereocenters. The minimum atomic E-state index is -0.742. The first-order valence-electron chi connectivity index (χ1n) is 13.3. The van der Waals surface area contributed by atoms with Gasteiger partial charge in [0.05, 0.1) is 23.8 Å². The number of nitrogens with zero attached hydrogens (tertiary/aromatic N) is 1. The highest BCUT2D eigenvalue weighted by Crippen LogP contribution is 2.36. The van der Waals surface area contributed by atoms with Gasteiger partial charge in [-0.05, 0) is 67.1 Å². The number of unbranched alkanes of at least 4 members (excludes halogenated alkanes) is 4. The first-order chi connectivity index (χ1) is 17.1. The van der Waals surface area contributed by atoms with Crippen molar-refractivity contribution in [2.24, 2.45) is 11.8 Å². The Labute approximate surface area is 209 Å². The van der Waals surface area contributed by atoms with Crippen LogP contribution in [0, 0.1) is 29.0 Å². The molecule has 0 N–H and O–H groups in total. The molecule has 35 heavy (non-hydrogen) atoms. The van der Waals surface area contributed by atoms with E-state index in [4.69, 9.17) is 14.7 Å². The molecule has 0 spiro atoms. The molecular weight excluding hydrogens is 441 g/mol. The molecule has 0 aliphatic heterocycles. The van der Waals surface area contributed by atoms with E-state index < -0.39 is 11.8 Å². The topological polar surface area (TPSA) is 59.3 Å². The highest BCUT2D eigenvalue weighted by atomic mass is 19.1. The lowest BCUT2D eigenvalue weighted by Crippen LogP contribution is -2.20. The molecule has 0 bridgehead atoms. The third kappa shape index (κ3) is 8.69. The van der Waals surface area contributed by atoms with Crippen molar-refractivity contribution in [2.45, 2.75) is 84.0 Å². The molecular formula is C30H38FNO3. The fourth-order valence-corrected chi connectivity index (χ4v) is 5.09. The zero-order chi connectivity index (χ0) is 24.9. The summed E-state index contributed by atoms with van der Waals surface area (Å²) in [5, 5.41) is 8.81. The van der Waals surface area contributed by atoms with Crippen LogP contribution >= 0.6 is 0 Å². The first kappa shape index (κ1) is 26.7. The van der Waals surface area contributed by atoms with E-state index in [1.165, 1.54) is 82.8 Å². The fourth-order valence-electron chi connectivity index (χ4n) is 5.09. The van der Waals surface area contributed by atoms with Crippen molar-refractivity contribution in [3.8, 4) is 17.6 Å². The summed E-state index contributed by atoms with van der Waals surface area (Å²) in [5.41, 5.74) is 0.482. The van der Waals surface area contributed by atoms with Crippen LogP contribution in [0.5, 0.6) is 11.5 Å². The molecule has 1 aliphatic rings. The molecule has 0 saturated heterocycles. The van der Waals surface area contributed by atoms with E-state index in [-0.39, 0.29) is 11.3 Å². The van der Waals surface area contributed by atoms with Gasteiger partial charge >= 0.3 is 5.97 Å². The molecule has 188 valence electrons. The minimum Gasteiger partial charge on any atom is -0.494 e. The highest BCUT2D eigenvalue weighted by Gasteiger charge is 2.24. The second-order valence-corrected chi connectivity index (χ2v) is 9.67. The Kier molecular flexibility index (Phi) is 11.1. The summed E-state index contributed by atoms with van der Waals surface area (Å²) in [6, 6.07) is 12.3. The molecule has 2 aromatic carbocycles. The van der Waals surface area contributed by atoms with Crippen LogP contribution < -0.4 is 9.47 Å². The van der Waals surface area contributed by atoms with Gasteiger partial charge in [-0.25, -0.2) is 9.18 Å². The van der Waals surface area contributed by atoms with Crippen molar-refractivity contribution in [2.75, 3.05) is 6.61 Å². The van der Waals surface area contributed by atoms with Gasteiger partial charge in [0, 0.05) is 0 Å². The predicted octanol–water partition coefficient (Wildman–Crippen LogP) is 8.24. The average Bonchev–Trinajstić information content (AvgIpc) is 2.88. The maximum Gasteiger partial charge on any atom is 0.343 e. The van der Waals surface area contributed by atoms with Crippen LogP contribution in [0.2, 0.25) is 0 Å². The van der Waals surface area contributed by atoms with Crippen molar-refractivity contribution in [3.63, 3.8) is 0 Å². The zero-order valence-corrected chi connectivity index (χ0v) is 20.9. The summed E-state index contributed by atoms with van der Waals surface area (Å²) in [6.07, 6.45) is 16.0. The normalized spacial score (nSPS) is 17.5. The van der Waals surface area contributed by atoms with E-state index in [9.17, 15) is 9.18 Å². The summed E-state index contributed by atoms with van der Waals surface area (Å²) in [7, 11) is 0. The van der Waals surface area contributed by atoms with Crippen molar-refractivity contribution in [1.82, 2.24) is 0 Å². The Hall–Kier alpha value is -2.87. The summed E-state index contributed by atoms with van der Waals surface area (Å²) in [5.74, 6) is 0.834. The van der Waals surface area contributed by atoms with E-state index in [0.29, 0.717) is 17.9 Å². The third-order valence-corrected chi connectivity index (χ3v) is 7.09. The molecule has 1 fully saturated rings. The van der Waals surface area contributed by atoms with Gasteiger partial charge in [-0.15, -0.1) is 0 Å². The van der Waals surface area contributed by atoms with E-state index in [1.807, 2.05) is 6.07 Å². The van der Waals surface area contributed by atoms with Crippen LogP contribution in [0.3, 0.4) is 0 Å². The number of nitriles is 1. The van der Waals surface area contributed by atoms with Gasteiger partial charge in [0.25, 0.3) is 0 Å². The largest absolute Gasteiger partial charge is 0.494 e. The molecule has 0 amide bonds. The van der Waals surface area contributed by atoms with Crippen molar-refractivity contribution in [1.29, 1.82) is 5.26 Å². The second kappa shape index (κ2) is 14.5. The van der Waals surface area contributed by atoms with Gasteiger partial charge in [0.1, 0.15) is 5.75 Å². The van der Waals surface area contributed by atoms with Gasteiger partial charge in [-0.2, -0.15) is 5.26 Å². The van der Waals surface area contributed by atoms with E-state index in [0.717, 1.165) is 24.3 Å². The molecule has 1 aliphatic carbocycles. The molecule has 5 heteroatoms. The molecule has 1 saturated carbocycles.